The van der Waals surface area contributed by atoms with Crippen molar-refractivity contribution in [3.63, 3.8) is 0 Å². The summed E-state index contributed by atoms with van der Waals surface area (Å²) in [6, 6.07) is 10.2. The lowest BCUT2D eigenvalue weighted by Gasteiger charge is -2.49. The molecule has 0 spiro atoms. The number of ether oxygens (including phenoxy) is 2. The number of rotatable bonds is 7. The molecule has 1 saturated heterocycles. The van der Waals surface area contributed by atoms with E-state index in [1.165, 1.54) is 18.4 Å². The molecule has 3 aliphatic rings. The van der Waals surface area contributed by atoms with E-state index in [1.807, 2.05) is 19.6 Å². The van der Waals surface area contributed by atoms with Gasteiger partial charge in [-0.15, -0.1) is 0 Å². The summed E-state index contributed by atoms with van der Waals surface area (Å²) in [6.07, 6.45) is -1.73. The summed E-state index contributed by atoms with van der Waals surface area (Å²) in [5.74, 6) is -1.09. The van der Waals surface area contributed by atoms with Crippen LogP contribution in [0, 0.1) is 0 Å². The second-order valence-electron chi connectivity index (χ2n) is 11.2. The Labute approximate surface area is 217 Å². The summed E-state index contributed by atoms with van der Waals surface area (Å²) in [4.78, 5) is 0. The average molecular weight is 535 g/mol. The van der Waals surface area contributed by atoms with Crippen molar-refractivity contribution in [2.45, 2.75) is 81.4 Å². The van der Waals surface area contributed by atoms with Gasteiger partial charge >= 0.3 is 0 Å². The van der Waals surface area contributed by atoms with Crippen LogP contribution >= 0.6 is 11.6 Å². The van der Waals surface area contributed by atoms with Crippen molar-refractivity contribution in [3.05, 3.63) is 63.2 Å². The van der Waals surface area contributed by atoms with Gasteiger partial charge in [-0.3, -0.25) is 0 Å². The summed E-state index contributed by atoms with van der Waals surface area (Å²) >= 11 is 6.77. The van der Waals surface area contributed by atoms with Crippen LogP contribution < -0.4 is 4.74 Å². The summed E-state index contributed by atoms with van der Waals surface area (Å²) < 4.78 is 17.8. The molecule has 2 fully saturated rings. The molecule has 0 bridgehead atoms. The quantitative estimate of drug-likeness (QED) is 0.404. The van der Waals surface area contributed by atoms with E-state index in [9.17, 15) is 20.4 Å². The Balaban J connectivity index is 1.55. The number of hydrogen-bond acceptors (Lipinski definition) is 7. The molecule has 7 nitrogen and oxygen atoms in total. The predicted molar refractivity (Wildman–Crippen MR) is 138 cm³/mol. The van der Waals surface area contributed by atoms with Crippen molar-refractivity contribution in [2.75, 3.05) is 13.2 Å². The molecule has 1 saturated carbocycles. The Hall–Kier alpha value is -1.49. The molecule has 1 unspecified atom stereocenters. The molecule has 4 N–H and O–H groups in total. The molecule has 0 radical (unpaired) electrons. The van der Waals surface area contributed by atoms with Crippen molar-refractivity contribution in [1.82, 2.24) is 0 Å². The van der Waals surface area contributed by atoms with Gasteiger partial charge in [-0.05, 0) is 67.6 Å². The molecule has 5 rings (SSSR count). The van der Waals surface area contributed by atoms with Gasteiger partial charge in [-0.1, -0.05) is 35.9 Å². The van der Waals surface area contributed by atoms with Crippen LogP contribution in [0.5, 0.6) is 5.75 Å². The van der Waals surface area contributed by atoms with Gasteiger partial charge in [0.05, 0.1) is 18.2 Å². The van der Waals surface area contributed by atoms with E-state index in [0.29, 0.717) is 47.3 Å². The lowest BCUT2D eigenvalue weighted by Crippen LogP contribution is -2.65. The average Bonchev–Trinajstić information content (AvgIpc) is 3.57. The topological polar surface area (TPSA) is 109 Å². The van der Waals surface area contributed by atoms with E-state index in [2.05, 4.69) is 24.3 Å². The molecule has 1 aliphatic carbocycles. The van der Waals surface area contributed by atoms with E-state index >= 15 is 0 Å². The first-order valence-corrected chi connectivity index (χ1v) is 16.4. The van der Waals surface area contributed by atoms with Crippen molar-refractivity contribution in [2.24, 2.45) is 0 Å². The van der Waals surface area contributed by atoms with E-state index in [4.69, 9.17) is 25.5 Å². The Morgan fingerprint density at radius 3 is 2.44 bits per heavy atom. The molecule has 2 aromatic rings. The first kappa shape index (κ1) is 26.1. The Morgan fingerprint density at radius 1 is 1.14 bits per heavy atom. The van der Waals surface area contributed by atoms with Crippen LogP contribution in [0.25, 0.3) is 0 Å². The SMILES string of the molecule is C[Si](C)(C)O[C@H]1[C@H](O)[C@@H](CO)OC(O)(c2cc(Cc3ccc(C4CC4)cc3)c(Cl)c3c2CCO3)[C@@H]1O. The van der Waals surface area contributed by atoms with Crippen molar-refractivity contribution in [1.29, 1.82) is 0 Å². The van der Waals surface area contributed by atoms with Crippen molar-refractivity contribution in [3.8, 4) is 5.75 Å². The zero-order valence-electron chi connectivity index (χ0n) is 20.9. The van der Waals surface area contributed by atoms with Crippen LogP contribution in [-0.2, 0) is 27.8 Å². The maximum Gasteiger partial charge on any atom is 0.222 e. The van der Waals surface area contributed by atoms with Gasteiger partial charge in [-0.25, -0.2) is 0 Å². The van der Waals surface area contributed by atoms with E-state index in [1.54, 1.807) is 6.07 Å². The summed E-state index contributed by atoms with van der Waals surface area (Å²) in [6.45, 7) is 5.61. The second kappa shape index (κ2) is 9.67. The maximum atomic E-state index is 11.9. The first-order chi connectivity index (χ1) is 17.0. The number of hydrogen-bond donors (Lipinski definition) is 4. The number of benzene rings is 2. The Bertz CT molecular complexity index is 1110. The standard InChI is InChI=1S/C27H35ClO7Si/c1-36(2,3)35-25-23(30)21(14-29)34-27(32,26(25)31)20-13-18(22(28)24-19(20)10-11-33-24)12-15-4-6-16(7-5-15)17-8-9-17/h4-7,13,17,21,23,25-26,29-32H,8-12,14H2,1-3H3/t21-,23-,25+,26-,27?/m1/s1. The summed E-state index contributed by atoms with van der Waals surface area (Å²) in [5.41, 5.74) is 4.11. The van der Waals surface area contributed by atoms with E-state index in [-0.39, 0.29) is 0 Å². The maximum absolute atomic E-state index is 11.9. The molecule has 2 aromatic carbocycles. The molecular formula is C27H35ClO7Si. The minimum Gasteiger partial charge on any atom is -0.491 e. The number of aliphatic hydroxyl groups excluding tert-OH is 3. The zero-order valence-corrected chi connectivity index (χ0v) is 22.7. The lowest BCUT2D eigenvalue weighted by molar-refractivity contribution is -0.355. The molecule has 0 amide bonds. The van der Waals surface area contributed by atoms with E-state index < -0.39 is 45.1 Å². The minimum absolute atomic E-state index is 0.325. The largest absolute Gasteiger partial charge is 0.491 e. The third-order valence-electron chi connectivity index (χ3n) is 7.24. The highest BCUT2D eigenvalue weighted by Crippen LogP contribution is 2.47. The molecule has 196 valence electrons. The van der Waals surface area contributed by atoms with Crippen LogP contribution in [0.15, 0.2) is 30.3 Å². The first-order valence-electron chi connectivity index (χ1n) is 12.6. The Kier molecular flexibility index (Phi) is 7.02. The number of halogens is 1. The normalized spacial score (nSPS) is 30.2. The molecule has 5 atom stereocenters. The molecule has 9 heteroatoms. The van der Waals surface area contributed by atoms with Gasteiger partial charge in [0, 0.05) is 17.5 Å². The highest BCUT2D eigenvalue weighted by Gasteiger charge is 2.56. The van der Waals surface area contributed by atoms with Crippen LogP contribution in [-0.4, -0.2) is 66.4 Å². The molecule has 0 aromatic heterocycles. The van der Waals surface area contributed by atoms with Crippen LogP contribution in [0.4, 0.5) is 0 Å². The second-order valence-corrected chi connectivity index (χ2v) is 16.0. The predicted octanol–water partition coefficient (Wildman–Crippen LogP) is 3.22. The fourth-order valence-corrected chi connectivity index (χ4v) is 6.65. The van der Waals surface area contributed by atoms with Gasteiger partial charge in [0.25, 0.3) is 0 Å². The van der Waals surface area contributed by atoms with Gasteiger partial charge in [0.1, 0.15) is 30.2 Å². The van der Waals surface area contributed by atoms with Crippen LogP contribution in [0.3, 0.4) is 0 Å². The van der Waals surface area contributed by atoms with Gasteiger partial charge in [-0.2, -0.15) is 0 Å². The van der Waals surface area contributed by atoms with Crippen molar-refractivity contribution >= 4 is 19.9 Å². The van der Waals surface area contributed by atoms with E-state index in [0.717, 1.165) is 11.1 Å². The summed E-state index contributed by atoms with van der Waals surface area (Å²) in [5, 5.41) is 44.4. The molecule has 36 heavy (non-hydrogen) atoms. The number of fused-ring (bicyclic) bond motifs is 1. The van der Waals surface area contributed by atoms with Gasteiger partial charge in [0.15, 0.2) is 8.32 Å². The van der Waals surface area contributed by atoms with Gasteiger partial charge < -0.3 is 34.3 Å². The van der Waals surface area contributed by atoms with Crippen molar-refractivity contribution < 1.29 is 34.3 Å². The Morgan fingerprint density at radius 2 is 1.83 bits per heavy atom. The molecular weight excluding hydrogens is 500 g/mol. The molecule has 2 heterocycles. The third-order valence-corrected chi connectivity index (χ3v) is 8.63. The van der Waals surface area contributed by atoms with Crippen LogP contribution in [0.2, 0.25) is 24.7 Å². The highest BCUT2D eigenvalue weighted by atomic mass is 35.5. The monoisotopic (exact) mass is 534 g/mol. The summed E-state index contributed by atoms with van der Waals surface area (Å²) in [7, 11) is -2.25. The smallest absolute Gasteiger partial charge is 0.222 e. The van der Waals surface area contributed by atoms with Crippen LogP contribution in [0.1, 0.15) is 46.6 Å². The van der Waals surface area contributed by atoms with Gasteiger partial charge in [0.2, 0.25) is 5.79 Å². The highest BCUT2D eigenvalue weighted by molar-refractivity contribution is 6.69. The number of aliphatic hydroxyl groups is 4. The third kappa shape index (κ3) is 4.86. The zero-order chi connectivity index (χ0) is 25.8. The fourth-order valence-electron chi connectivity index (χ4n) is 5.27. The molecule has 2 aliphatic heterocycles. The lowest BCUT2D eigenvalue weighted by atomic mass is 9.84. The fraction of sp³-hybridized carbons (Fsp3) is 0.556. The minimum atomic E-state index is -2.25.